The lowest BCUT2D eigenvalue weighted by Gasteiger charge is -2.61. The fourth-order valence-electron chi connectivity index (χ4n) is 9.42. The predicted molar refractivity (Wildman–Crippen MR) is 125 cm³/mol. The van der Waals surface area contributed by atoms with Gasteiger partial charge in [-0.15, -0.1) is 0 Å². The standard InChI is InChI=1S/C28H36O7/c1-15(29)33-19-9-11-26(3)18(13-19)6-7-21-20(26)10-12-27(4)23(17-5-8-22(31)32-14-17)24(34-16(2)30)25-28(21,27)35-25/h5,8,14,18-21,23-25H,6-7,9-13H2,1-4H3/t18?,19?,20-,21+,23-,24?,25?,26-,27+,28+/m0/s1. The number of carbonyl (C=O) groups excluding carboxylic acids is 2. The molecular formula is C28H36O7. The SMILES string of the molecule is CC(=O)OC1CC[C@@]2(C)C(CC[C@@H]3[C@@H]2CC[C@]2(C)[C@@H](c4ccc(=O)oc4)C(OC(C)=O)C4O[C@@]432)C1. The Balaban J connectivity index is 1.34. The summed E-state index contributed by atoms with van der Waals surface area (Å²) >= 11 is 0. The lowest BCUT2D eigenvalue weighted by molar-refractivity contribution is -0.166. The Hall–Kier alpha value is -2.15. The summed E-state index contributed by atoms with van der Waals surface area (Å²) in [5, 5.41) is 0. The van der Waals surface area contributed by atoms with Crippen LogP contribution in [0, 0.1) is 28.6 Å². The summed E-state index contributed by atoms with van der Waals surface area (Å²) in [6.07, 6.45) is 8.28. The van der Waals surface area contributed by atoms with E-state index in [9.17, 15) is 14.4 Å². The molecule has 7 heteroatoms. The maximum absolute atomic E-state index is 12.1. The molecule has 190 valence electrons. The Labute approximate surface area is 205 Å². The summed E-state index contributed by atoms with van der Waals surface area (Å²) in [7, 11) is 0. The van der Waals surface area contributed by atoms with E-state index in [1.54, 1.807) is 6.26 Å². The average Bonchev–Trinajstić information content (AvgIpc) is 3.49. The first-order valence-corrected chi connectivity index (χ1v) is 13.2. The van der Waals surface area contributed by atoms with E-state index in [0.29, 0.717) is 17.8 Å². The van der Waals surface area contributed by atoms with E-state index in [1.807, 2.05) is 6.07 Å². The highest BCUT2D eigenvalue weighted by atomic mass is 16.7. The quantitative estimate of drug-likeness (QED) is 0.464. The number of rotatable bonds is 3. The minimum atomic E-state index is -0.380. The molecule has 2 heterocycles. The number of epoxide rings is 1. The van der Waals surface area contributed by atoms with E-state index in [1.165, 1.54) is 19.9 Å². The van der Waals surface area contributed by atoms with Crippen LogP contribution < -0.4 is 5.63 Å². The molecule has 5 aliphatic rings. The number of ether oxygens (including phenoxy) is 3. The van der Waals surface area contributed by atoms with Crippen molar-refractivity contribution in [3.05, 3.63) is 34.4 Å². The van der Waals surface area contributed by atoms with E-state index >= 15 is 0 Å². The number of fused-ring (bicyclic) bond motifs is 3. The second-order valence-electron chi connectivity index (χ2n) is 12.2. The van der Waals surface area contributed by atoms with Crippen molar-refractivity contribution in [1.82, 2.24) is 0 Å². The lowest BCUT2D eigenvalue weighted by atomic mass is 9.44. The number of hydrogen-bond acceptors (Lipinski definition) is 7. The van der Waals surface area contributed by atoms with Crippen LogP contribution in [0.5, 0.6) is 0 Å². The highest BCUT2D eigenvalue weighted by Crippen LogP contribution is 2.78. The smallest absolute Gasteiger partial charge is 0.335 e. The zero-order chi connectivity index (χ0) is 24.8. The Morgan fingerprint density at radius 2 is 1.74 bits per heavy atom. The minimum absolute atomic E-state index is 0.0380. The molecule has 0 bridgehead atoms. The number of hydrogen-bond donors (Lipinski definition) is 0. The van der Waals surface area contributed by atoms with E-state index in [4.69, 9.17) is 18.6 Å². The van der Waals surface area contributed by atoms with Gasteiger partial charge in [0, 0.05) is 31.2 Å². The molecule has 6 rings (SSSR count). The van der Waals surface area contributed by atoms with Crippen LogP contribution in [-0.2, 0) is 23.8 Å². The van der Waals surface area contributed by atoms with Crippen LogP contribution in [0.2, 0.25) is 0 Å². The van der Waals surface area contributed by atoms with E-state index < -0.39 is 0 Å². The average molecular weight is 485 g/mol. The predicted octanol–water partition coefficient (Wildman–Crippen LogP) is 4.37. The van der Waals surface area contributed by atoms with Crippen molar-refractivity contribution in [3.63, 3.8) is 0 Å². The molecule has 0 radical (unpaired) electrons. The van der Waals surface area contributed by atoms with Crippen LogP contribution in [0.25, 0.3) is 0 Å². The molecule has 4 saturated carbocycles. The molecule has 4 aliphatic carbocycles. The van der Waals surface area contributed by atoms with Gasteiger partial charge in [-0.1, -0.05) is 13.8 Å². The maximum atomic E-state index is 12.1. The molecule has 5 fully saturated rings. The third kappa shape index (κ3) is 3.15. The first-order valence-electron chi connectivity index (χ1n) is 13.2. The van der Waals surface area contributed by atoms with Crippen LogP contribution >= 0.6 is 0 Å². The van der Waals surface area contributed by atoms with Gasteiger partial charge in [-0.3, -0.25) is 9.59 Å². The molecule has 7 nitrogen and oxygen atoms in total. The second-order valence-corrected chi connectivity index (χ2v) is 12.2. The summed E-state index contributed by atoms with van der Waals surface area (Å²) < 4.78 is 23.5. The van der Waals surface area contributed by atoms with Gasteiger partial charge in [0.25, 0.3) is 0 Å². The first kappa shape index (κ1) is 23.3. The van der Waals surface area contributed by atoms with Crippen LogP contribution in [-0.4, -0.2) is 35.9 Å². The third-order valence-corrected chi connectivity index (χ3v) is 10.8. The maximum Gasteiger partial charge on any atom is 0.335 e. The number of carbonyl (C=O) groups is 2. The molecule has 1 spiro atoms. The van der Waals surface area contributed by atoms with Gasteiger partial charge in [0.05, 0.1) is 6.26 Å². The molecule has 10 atom stereocenters. The van der Waals surface area contributed by atoms with Gasteiger partial charge < -0.3 is 18.6 Å². The first-order chi connectivity index (χ1) is 16.6. The Morgan fingerprint density at radius 3 is 2.43 bits per heavy atom. The van der Waals surface area contributed by atoms with Crippen molar-refractivity contribution in [3.8, 4) is 0 Å². The van der Waals surface area contributed by atoms with Gasteiger partial charge in [-0.25, -0.2) is 4.79 Å². The van der Waals surface area contributed by atoms with E-state index in [2.05, 4.69) is 13.8 Å². The van der Waals surface area contributed by atoms with Crippen molar-refractivity contribution in [1.29, 1.82) is 0 Å². The summed E-state index contributed by atoms with van der Waals surface area (Å²) in [5.74, 6) is 0.922. The highest BCUT2D eigenvalue weighted by molar-refractivity contribution is 5.67. The highest BCUT2D eigenvalue weighted by Gasteiger charge is 2.84. The van der Waals surface area contributed by atoms with Crippen molar-refractivity contribution in [2.75, 3.05) is 0 Å². The number of esters is 2. The van der Waals surface area contributed by atoms with Crippen LogP contribution in [0.4, 0.5) is 0 Å². The molecule has 0 aromatic carbocycles. The van der Waals surface area contributed by atoms with Gasteiger partial charge in [0.2, 0.25) is 0 Å². The lowest BCUT2D eigenvalue weighted by Crippen LogP contribution is -2.58. The fourth-order valence-corrected chi connectivity index (χ4v) is 9.42. The minimum Gasteiger partial charge on any atom is -0.463 e. The van der Waals surface area contributed by atoms with Crippen molar-refractivity contribution >= 4 is 11.9 Å². The van der Waals surface area contributed by atoms with Crippen LogP contribution in [0.1, 0.15) is 84.1 Å². The molecule has 0 N–H and O–H groups in total. The van der Waals surface area contributed by atoms with Crippen molar-refractivity contribution in [2.45, 2.75) is 102 Å². The zero-order valence-corrected chi connectivity index (χ0v) is 21.1. The Bertz CT molecular complexity index is 1090. The molecular weight excluding hydrogens is 448 g/mol. The molecule has 1 saturated heterocycles. The third-order valence-electron chi connectivity index (χ3n) is 10.8. The monoisotopic (exact) mass is 484 g/mol. The normalized spacial score (nSPS) is 47.5. The van der Waals surface area contributed by atoms with Crippen molar-refractivity contribution in [2.24, 2.45) is 28.6 Å². The van der Waals surface area contributed by atoms with Gasteiger partial charge >= 0.3 is 17.6 Å². The summed E-state index contributed by atoms with van der Waals surface area (Å²) in [4.78, 5) is 35.4. The molecule has 1 aromatic rings. The Kier molecular flexibility index (Phi) is 5.10. The fraction of sp³-hybridized carbons (Fsp3) is 0.750. The molecule has 0 amide bonds. The van der Waals surface area contributed by atoms with Gasteiger partial charge in [0.15, 0.2) is 0 Å². The molecule has 35 heavy (non-hydrogen) atoms. The second kappa shape index (κ2) is 7.67. The van der Waals surface area contributed by atoms with Crippen LogP contribution in [0.3, 0.4) is 0 Å². The van der Waals surface area contributed by atoms with E-state index in [0.717, 1.165) is 50.5 Å². The van der Waals surface area contributed by atoms with Crippen molar-refractivity contribution < 1.29 is 28.2 Å². The molecule has 1 aliphatic heterocycles. The summed E-state index contributed by atoms with van der Waals surface area (Å²) in [6.45, 7) is 7.72. The topological polar surface area (TPSA) is 95.3 Å². The molecule has 1 aromatic heterocycles. The Morgan fingerprint density at radius 1 is 0.971 bits per heavy atom. The zero-order valence-electron chi connectivity index (χ0n) is 21.1. The van der Waals surface area contributed by atoms with Gasteiger partial charge in [0.1, 0.15) is 23.9 Å². The summed E-state index contributed by atoms with van der Waals surface area (Å²) in [6, 6.07) is 3.29. The summed E-state index contributed by atoms with van der Waals surface area (Å²) in [5.41, 5.74) is 0.194. The van der Waals surface area contributed by atoms with Crippen LogP contribution in [0.15, 0.2) is 27.6 Å². The van der Waals surface area contributed by atoms with Gasteiger partial charge in [-0.2, -0.15) is 0 Å². The largest absolute Gasteiger partial charge is 0.463 e. The molecule has 4 unspecified atom stereocenters. The van der Waals surface area contributed by atoms with E-state index in [-0.39, 0.29) is 58.2 Å². The van der Waals surface area contributed by atoms with Gasteiger partial charge in [-0.05, 0) is 79.7 Å².